The predicted octanol–water partition coefficient (Wildman–Crippen LogP) is 11.5. The van der Waals surface area contributed by atoms with Gasteiger partial charge < -0.3 is 9.64 Å². The van der Waals surface area contributed by atoms with Gasteiger partial charge in [-0.1, -0.05) is 129 Å². The molecule has 3 aliphatic rings. The minimum absolute atomic E-state index is 0.0135. The van der Waals surface area contributed by atoms with Gasteiger partial charge in [0.2, 0.25) is 0 Å². The van der Waals surface area contributed by atoms with Crippen LogP contribution in [0.2, 0.25) is 0 Å². The number of fused-ring (bicyclic) bond motifs is 6. The van der Waals surface area contributed by atoms with Crippen LogP contribution in [-0.4, -0.2) is 12.6 Å². The van der Waals surface area contributed by atoms with E-state index in [0.717, 1.165) is 5.75 Å². The largest absolute Gasteiger partial charge is 0.497 e. The van der Waals surface area contributed by atoms with Gasteiger partial charge in [0.1, 0.15) is 5.75 Å². The topological polar surface area (TPSA) is 12.5 Å². The van der Waals surface area contributed by atoms with E-state index >= 15 is 0 Å². The number of nitrogens with zero attached hydrogens (tertiary/aromatic N) is 1. The smallest absolute Gasteiger partial charge is 0.120 e. The zero-order chi connectivity index (χ0) is 32.5. The van der Waals surface area contributed by atoms with Crippen LogP contribution in [0, 0.1) is 0 Å². The van der Waals surface area contributed by atoms with Crippen LogP contribution in [0.15, 0.2) is 146 Å². The Bertz CT molecular complexity index is 2130. The van der Waals surface area contributed by atoms with Crippen LogP contribution in [0.5, 0.6) is 5.75 Å². The Kier molecular flexibility index (Phi) is 6.50. The molecular formula is C46H41NO. The number of hydrogen-bond acceptors (Lipinski definition) is 2. The van der Waals surface area contributed by atoms with Crippen molar-refractivity contribution in [2.45, 2.75) is 55.9 Å². The van der Waals surface area contributed by atoms with E-state index in [-0.39, 0.29) is 16.4 Å². The van der Waals surface area contributed by atoms with E-state index in [9.17, 15) is 0 Å². The van der Waals surface area contributed by atoms with Gasteiger partial charge in [0, 0.05) is 22.9 Å². The van der Waals surface area contributed by atoms with Gasteiger partial charge in [0.15, 0.2) is 0 Å². The Labute approximate surface area is 284 Å². The number of ether oxygens (including phenoxy) is 1. The number of anilines is 2. The molecule has 1 heterocycles. The zero-order valence-corrected chi connectivity index (χ0v) is 28.0. The second kappa shape index (κ2) is 10.7. The van der Waals surface area contributed by atoms with E-state index in [1.807, 2.05) is 6.07 Å². The highest BCUT2D eigenvalue weighted by Gasteiger charge is 2.57. The fraction of sp³-hybridized carbons (Fsp3) is 0.217. The maximum Gasteiger partial charge on any atom is 0.120 e. The van der Waals surface area contributed by atoms with Gasteiger partial charge in [0.25, 0.3) is 0 Å². The van der Waals surface area contributed by atoms with Crippen molar-refractivity contribution in [3.63, 3.8) is 0 Å². The van der Waals surface area contributed by atoms with Gasteiger partial charge in [-0.15, -0.1) is 0 Å². The van der Waals surface area contributed by atoms with Crippen molar-refractivity contribution in [1.82, 2.24) is 0 Å². The van der Waals surface area contributed by atoms with Crippen LogP contribution in [0.25, 0.3) is 22.3 Å². The fourth-order valence-corrected chi connectivity index (χ4v) is 9.70. The predicted molar refractivity (Wildman–Crippen MR) is 199 cm³/mol. The van der Waals surface area contributed by atoms with Gasteiger partial charge >= 0.3 is 0 Å². The summed E-state index contributed by atoms with van der Waals surface area (Å²) in [4.78, 5) is 2.63. The highest BCUT2D eigenvalue weighted by molar-refractivity contribution is 5.89. The molecule has 236 valence electrons. The molecule has 0 spiro atoms. The lowest BCUT2D eigenvalue weighted by Crippen LogP contribution is -2.54. The van der Waals surface area contributed by atoms with Gasteiger partial charge in [-0.3, -0.25) is 0 Å². The second-order valence-electron chi connectivity index (χ2n) is 14.4. The monoisotopic (exact) mass is 623 g/mol. The molecule has 1 saturated carbocycles. The minimum atomic E-state index is -0.375. The Morgan fingerprint density at radius 2 is 1.19 bits per heavy atom. The Morgan fingerprint density at radius 3 is 1.94 bits per heavy atom. The lowest BCUT2D eigenvalue weighted by Gasteiger charge is -2.50. The lowest BCUT2D eigenvalue weighted by atomic mass is 9.61. The Balaban J connectivity index is 1.23. The first-order valence-corrected chi connectivity index (χ1v) is 17.4. The van der Waals surface area contributed by atoms with Crippen LogP contribution in [0.1, 0.15) is 67.3 Å². The third kappa shape index (κ3) is 3.86. The van der Waals surface area contributed by atoms with Crippen LogP contribution in [0.4, 0.5) is 11.4 Å². The van der Waals surface area contributed by atoms with E-state index in [1.54, 1.807) is 7.11 Å². The van der Waals surface area contributed by atoms with Crippen LogP contribution < -0.4 is 9.64 Å². The van der Waals surface area contributed by atoms with Crippen molar-refractivity contribution >= 4 is 11.4 Å². The van der Waals surface area contributed by atoms with Crippen molar-refractivity contribution in [3.05, 3.63) is 173 Å². The van der Waals surface area contributed by atoms with Crippen molar-refractivity contribution in [2.75, 3.05) is 12.0 Å². The lowest BCUT2D eigenvalue weighted by molar-refractivity contribution is 0.195. The molecule has 2 atom stereocenters. The first-order valence-electron chi connectivity index (χ1n) is 17.4. The van der Waals surface area contributed by atoms with Crippen molar-refractivity contribution in [1.29, 1.82) is 0 Å². The molecule has 2 unspecified atom stereocenters. The Morgan fingerprint density at radius 1 is 0.542 bits per heavy atom. The Hall–Kier alpha value is -5.08. The summed E-state index contributed by atoms with van der Waals surface area (Å²) in [5.41, 5.74) is 14.2. The van der Waals surface area contributed by atoms with Gasteiger partial charge in [-0.25, -0.2) is 0 Å². The third-order valence-electron chi connectivity index (χ3n) is 12.2. The quantitative estimate of drug-likeness (QED) is 0.189. The number of benzene rings is 6. The number of hydrogen-bond donors (Lipinski definition) is 0. The molecular weight excluding hydrogens is 583 g/mol. The second-order valence-corrected chi connectivity index (χ2v) is 14.4. The molecule has 0 N–H and O–H groups in total. The third-order valence-corrected chi connectivity index (χ3v) is 12.2. The molecule has 0 amide bonds. The SMILES string of the molecule is COc1cccc(N2c3ccc(-c4ccc5c(c4)-c4ccccc4C5(c4ccccc4)c4ccccc4)cc3C3(C)CCCCC23C)c1. The maximum atomic E-state index is 5.68. The molecule has 0 saturated heterocycles. The summed E-state index contributed by atoms with van der Waals surface area (Å²) in [6.07, 6.45) is 4.87. The summed E-state index contributed by atoms with van der Waals surface area (Å²) >= 11 is 0. The van der Waals surface area contributed by atoms with E-state index in [0.29, 0.717) is 0 Å². The first kappa shape index (κ1) is 29.1. The average molecular weight is 624 g/mol. The van der Waals surface area contributed by atoms with Crippen LogP contribution in [-0.2, 0) is 10.8 Å². The molecule has 2 aliphatic carbocycles. The molecule has 1 aliphatic heterocycles. The summed E-state index contributed by atoms with van der Waals surface area (Å²) in [6, 6.07) is 54.3. The molecule has 48 heavy (non-hydrogen) atoms. The fourth-order valence-electron chi connectivity index (χ4n) is 9.70. The van der Waals surface area contributed by atoms with Crippen molar-refractivity contribution in [2.24, 2.45) is 0 Å². The summed E-state index contributed by atoms with van der Waals surface area (Å²) in [7, 11) is 1.76. The molecule has 6 aromatic rings. The van der Waals surface area contributed by atoms with Crippen LogP contribution >= 0.6 is 0 Å². The summed E-state index contributed by atoms with van der Waals surface area (Å²) in [5, 5.41) is 0. The first-order chi connectivity index (χ1) is 23.5. The van der Waals surface area contributed by atoms with Gasteiger partial charge in [-0.2, -0.15) is 0 Å². The van der Waals surface area contributed by atoms with E-state index in [4.69, 9.17) is 4.74 Å². The van der Waals surface area contributed by atoms with Crippen molar-refractivity contribution < 1.29 is 4.74 Å². The van der Waals surface area contributed by atoms with Gasteiger partial charge in [0.05, 0.1) is 18.1 Å². The number of methoxy groups -OCH3 is 1. The summed E-state index contributed by atoms with van der Waals surface area (Å²) < 4.78 is 5.68. The van der Waals surface area contributed by atoms with Crippen LogP contribution in [0.3, 0.4) is 0 Å². The standard InChI is InChI=1S/C46H41NO/c1-44-27-12-13-28-45(44,2)47(36-19-14-20-37(31-36)48-3)43-26-24-33(30-42(43)44)32-23-25-41-39(29-32)38-21-10-11-22-40(38)46(41,34-15-6-4-7-16-34)35-17-8-5-9-18-35/h4-11,14-26,29-31H,12-13,27-28H2,1-3H3. The normalized spacial score (nSPS) is 21.6. The molecule has 0 aromatic heterocycles. The van der Waals surface area contributed by atoms with Gasteiger partial charge in [-0.05, 0) is 100 Å². The maximum absolute atomic E-state index is 5.68. The highest BCUT2D eigenvalue weighted by atomic mass is 16.5. The van der Waals surface area contributed by atoms with E-state index in [1.165, 1.54) is 87.1 Å². The molecule has 6 aromatic carbocycles. The summed E-state index contributed by atoms with van der Waals surface area (Å²) in [6.45, 7) is 5.01. The zero-order valence-electron chi connectivity index (χ0n) is 28.0. The number of rotatable bonds is 5. The molecule has 2 heteroatoms. The molecule has 0 bridgehead atoms. The molecule has 1 fully saturated rings. The van der Waals surface area contributed by atoms with E-state index in [2.05, 4.69) is 158 Å². The highest BCUT2D eigenvalue weighted by Crippen LogP contribution is 2.62. The molecule has 0 radical (unpaired) electrons. The molecule has 9 rings (SSSR count). The molecule has 2 nitrogen and oxygen atoms in total. The van der Waals surface area contributed by atoms with Crippen molar-refractivity contribution in [3.8, 4) is 28.0 Å². The summed E-state index contributed by atoms with van der Waals surface area (Å²) in [5.74, 6) is 0.902. The van der Waals surface area contributed by atoms with E-state index < -0.39 is 0 Å². The average Bonchev–Trinajstić information content (AvgIpc) is 3.55. The minimum Gasteiger partial charge on any atom is -0.497 e.